The maximum Gasteiger partial charge on any atom is 0.335 e. The van der Waals surface area contributed by atoms with Gasteiger partial charge in [0.15, 0.2) is 6.61 Å². The molecule has 0 bridgehead atoms. The Bertz CT molecular complexity index is 1420. The molecule has 182 valence electrons. The molecule has 0 aromatic heterocycles. The Labute approximate surface area is 216 Å². The molecule has 8 nitrogen and oxygen atoms in total. The highest BCUT2D eigenvalue weighted by Crippen LogP contribution is 2.28. The van der Waals surface area contributed by atoms with Gasteiger partial charge in [0.1, 0.15) is 11.3 Å². The summed E-state index contributed by atoms with van der Waals surface area (Å²) >= 11 is 12.1. The highest BCUT2D eigenvalue weighted by atomic mass is 35.5. The molecule has 1 aliphatic heterocycles. The molecule has 0 spiro atoms. The fourth-order valence-corrected chi connectivity index (χ4v) is 3.85. The van der Waals surface area contributed by atoms with Crippen molar-refractivity contribution in [3.8, 4) is 5.75 Å². The van der Waals surface area contributed by atoms with Gasteiger partial charge in [-0.2, -0.15) is 0 Å². The van der Waals surface area contributed by atoms with Gasteiger partial charge in [-0.15, -0.1) is 0 Å². The van der Waals surface area contributed by atoms with Gasteiger partial charge in [-0.3, -0.25) is 19.7 Å². The second-order valence-corrected chi connectivity index (χ2v) is 8.70. The number of hydrogen-bond acceptors (Lipinski definition) is 5. The van der Waals surface area contributed by atoms with Crippen LogP contribution in [0.25, 0.3) is 6.08 Å². The smallest absolute Gasteiger partial charge is 0.335 e. The Morgan fingerprint density at radius 1 is 1.00 bits per heavy atom. The van der Waals surface area contributed by atoms with E-state index in [1.165, 1.54) is 30.3 Å². The number of ether oxygens (including phenoxy) is 1. The summed E-state index contributed by atoms with van der Waals surface area (Å²) in [6, 6.07) is 17.0. The van der Waals surface area contributed by atoms with E-state index in [0.717, 1.165) is 10.5 Å². The van der Waals surface area contributed by atoms with E-state index >= 15 is 0 Å². The number of amides is 5. The SMILES string of the molecule is Cc1cccc(NC(=O)COc2ccc(Cl)cc2/C=C2\C(=O)NC(=O)N(c3cccc(Cl)c3)C2=O)c1. The second kappa shape index (κ2) is 10.6. The molecular formula is C26H19Cl2N3O5. The third kappa shape index (κ3) is 5.73. The number of aryl methyl sites for hydroxylation is 1. The third-order valence-electron chi connectivity index (χ3n) is 5.10. The van der Waals surface area contributed by atoms with E-state index in [2.05, 4.69) is 10.6 Å². The number of anilines is 2. The van der Waals surface area contributed by atoms with Crippen LogP contribution in [0.4, 0.5) is 16.2 Å². The summed E-state index contributed by atoms with van der Waals surface area (Å²) in [6.45, 7) is 1.57. The molecule has 3 aromatic carbocycles. The van der Waals surface area contributed by atoms with Gasteiger partial charge in [0.2, 0.25) is 0 Å². The van der Waals surface area contributed by atoms with Gasteiger partial charge in [0, 0.05) is 21.3 Å². The normalized spacial score (nSPS) is 14.6. The molecule has 36 heavy (non-hydrogen) atoms. The molecule has 0 unspecified atom stereocenters. The Balaban J connectivity index is 1.58. The molecule has 3 aromatic rings. The zero-order chi connectivity index (χ0) is 25.8. The quantitative estimate of drug-likeness (QED) is 0.350. The zero-order valence-corrected chi connectivity index (χ0v) is 20.4. The molecule has 0 saturated carbocycles. The minimum absolute atomic E-state index is 0.193. The van der Waals surface area contributed by atoms with Crippen LogP contribution in [0.1, 0.15) is 11.1 Å². The van der Waals surface area contributed by atoms with Crippen molar-refractivity contribution in [2.75, 3.05) is 16.8 Å². The lowest BCUT2D eigenvalue weighted by molar-refractivity contribution is -0.122. The van der Waals surface area contributed by atoms with Gasteiger partial charge in [-0.25, -0.2) is 9.69 Å². The molecule has 1 heterocycles. The van der Waals surface area contributed by atoms with Crippen LogP contribution in [0.3, 0.4) is 0 Å². The van der Waals surface area contributed by atoms with Crippen LogP contribution in [0, 0.1) is 6.92 Å². The van der Waals surface area contributed by atoms with Crippen LogP contribution in [0.2, 0.25) is 10.0 Å². The minimum Gasteiger partial charge on any atom is -0.483 e. The van der Waals surface area contributed by atoms with Crippen molar-refractivity contribution in [3.05, 3.63) is 93.5 Å². The van der Waals surface area contributed by atoms with E-state index in [-0.39, 0.29) is 29.2 Å². The van der Waals surface area contributed by atoms with Crippen molar-refractivity contribution in [1.82, 2.24) is 5.32 Å². The molecule has 10 heteroatoms. The van der Waals surface area contributed by atoms with Gasteiger partial charge >= 0.3 is 6.03 Å². The topological polar surface area (TPSA) is 105 Å². The predicted octanol–water partition coefficient (Wildman–Crippen LogP) is 4.99. The molecular weight excluding hydrogens is 505 g/mol. The summed E-state index contributed by atoms with van der Waals surface area (Å²) in [7, 11) is 0. The van der Waals surface area contributed by atoms with Crippen LogP contribution < -0.4 is 20.3 Å². The van der Waals surface area contributed by atoms with Crippen molar-refractivity contribution >= 4 is 64.4 Å². The Kier molecular flexibility index (Phi) is 7.38. The summed E-state index contributed by atoms with van der Waals surface area (Å²) in [6.07, 6.45) is 1.25. The number of barbiturate groups is 1. The van der Waals surface area contributed by atoms with Crippen LogP contribution in [0.5, 0.6) is 5.75 Å². The Morgan fingerprint density at radius 2 is 1.75 bits per heavy atom. The maximum absolute atomic E-state index is 13.2. The number of nitrogens with zero attached hydrogens (tertiary/aromatic N) is 1. The highest BCUT2D eigenvalue weighted by Gasteiger charge is 2.37. The van der Waals surface area contributed by atoms with Crippen molar-refractivity contribution < 1.29 is 23.9 Å². The van der Waals surface area contributed by atoms with E-state index in [9.17, 15) is 19.2 Å². The van der Waals surface area contributed by atoms with E-state index in [1.54, 1.807) is 24.3 Å². The molecule has 0 radical (unpaired) electrons. The van der Waals surface area contributed by atoms with Gasteiger partial charge in [0.05, 0.1) is 5.69 Å². The van der Waals surface area contributed by atoms with Crippen LogP contribution in [-0.4, -0.2) is 30.4 Å². The first-order valence-corrected chi connectivity index (χ1v) is 11.4. The van der Waals surface area contributed by atoms with E-state index < -0.39 is 23.8 Å². The van der Waals surface area contributed by atoms with Crippen LogP contribution >= 0.6 is 23.2 Å². The molecule has 5 amide bonds. The monoisotopic (exact) mass is 523 g/mol. The number of carbonyl (C=O) groups excluding carboxylic acids is 4. The number of rotatable bonds is 6. The molecule has 0 atom stereocenters. The van der Waals surface area contributed by atoms with E-state index in [1.807, 2.05) is 25.1 Å². The predicted molar refractivity (Wildman–Crippen MR) is 137 cm³/mol. The first-order chi connectivity index (χ1) is 17.2. The van der Waals surface area contributed by atoms with Crippen molar-refractivity contribution in [1.29, 1.82) is 0 Å². The van der Waals surface area contributed by atoms with Gasteiger partial charge < -0.3 is 10.1 Å². The number of hydrogen-bond donors (Lipinski definition) is 2. The molecule has 2 N–H and O–H groups in total. The van der Waals surface area contributed by atoms with Gasteiger partial charge in [0.25, 0.3) is 17.7 Å². The fourth-order valence-electron chi connectivity index (χ4n) is 3.49. The minimum atomic E-state index is -0.903. The van der Waals surface area contributed by atoms with Crippen LogP contribution in [-0.2, 0) is 14.4 Å². The van der Waals surface area contributed by atoms with Crippen molar-refractivity contribution in [2.45, 2.75) is 6.92 Å². The molecule has 1 saturated heterocycles. The van der Waals surface area contributed by atoms with Crippen LogP contribution in [0.15, 0.2) is 72.3 Å². The first kappa shape index (κ1) is 25.0. The summed E-state index contributed by atoms with van der Waals surface area (Å²) in [5.41, 5.74) is 1.74. The van der Waals surface area contributed by atoms with Gasteiger partial charge in [-0.05, 0) is 67.1 Å². The van der Waals surface area contributed by atoms with Gasteiger partial charge in [-0.1, -0.05) is 41.4 Å². The molecule has 0 aliphatic carbocycles. The Hall–Kier alpha value is -4.14. The van der Waals surface area contributed by atoms with E-state index in [4.69, 9.17) is 27.9 Å². The number of urea groups is 1. The second-order valence-electron chi connectivity index (χ2n) is 7.83. The number of imide groups is 2. The molecule has 4 rings (SSSR count). The summed E-state index contributed by atoms with van der Waals surface area (Å²) < 4.78 is 5.66. The third-order valence-corrected chi connectivity index (χ3v) is 5.57. The number of halogens is 2. The Morgan fingerprint density at radius 3 is 2.50 bits per heavy atom. The lowest BCUT2D eigenvalue weighted by Crippen LogP contribution is -2.54. The average molecular weight is 524 g/mol. The molecule has 1 fully saturated rings. The summed E-state index contributed by atoms with van der Waals surface area (Å²) in [4.78, 5) is 51.3. The van der Waals surface area contributed by atoms with Crippen molar-refractivity contribution in [2.24, 2.45) is 0 Å². The number of benzene rings is 3. The number of carbonyl (C=O) groups is 4. The standard InChI is InChI=1S/C26H19Cl2N3O5/c1-15-4-2-6-19(10-15)29-23(32)14-36-22-9-8-18(28)11-16(22)12-21-24(33)30-26(35)31(25(21)34)20-7-3-5-17(27)13-20/h2-13H,14H2,1H3,(H,29,32)(H,30,33,35)/b21-12+. The zero-order valence-electron chi connectivity index (χ0n) is 18.9. The lowest BCUT2D eigenvalue weighted by atomic mass is 10.1. The largest absolute Gasteiger partial charge is 0.483 e. The maximum atomic E-state index is 13.2. The average Bonchev–Trinajstić information content (AvgIpc) is 2.81. The van der Waals surface area contributed by atoms with Crippen molar-refractivity contribution in [3.63, 3.8) is 0 Å². The lowest BCUT2D eigenvalue weighted by Gasteiger charge is -2.26. The summed E-state index contributed by atoms with van der Waals surface area (Å²) in [5, 5.41) is 5.50. The highest BCUT2D eigenvalue weighted by molar-refractivity contribution is 6.39. The fraction of sp³-hybridized carbons (Fsp3) is 0.0769. The summed E-state index contributed by atoms with van der Waals surface area (Å²) in [5.74, 6) is -1.93. The molecule has 1 aliphatic rings. The first-order valence-electron chi connectivity index (χ1n) is 10.7. The van der Waals surface area contributed by atoms with E-state index in [0.29, 0.717) is 15.7 Å². The number of nitrogens with one attached hydrogen (secondary N) is 2.